The molecule has 0 saturated carbocycles. The van der Waals surface area contributed by atoms with Crippen LogP contribution in [0.3, 0.4) is 0 Å². The van der Waals surface area contributed by atoms with Gasteiger partial charge in [0.05, 0.1) is 5.69 Å². The molecule has 1 N–H and O–H groups in total. The van der Waals surface area contributed by atoms with Crippen LogP contribution in [-0.2, 0) is 6.54 Å². The van der Waals surface area contributed by atoms with Crippen molar-refractivity contribution in [1.29, 1.82) is 0 Å². The topological polar surface area (TPSA) is 29.9 Å². The molecule has 0 aliphatic heterocycles. The second-order valence-corrected chi connectivity index (χ2v) is 6.12. The number of benzene rings is 1. The Labute approximate surface area is 129 Å². The highest BCUT2D eigenvalue weighted by atomic mass is 79.9. The average molecular weight is 336 g/mol. The molecule has 1 heterocycles. The Hall–Kier alpha value is -1.13. The quantitative estimate of drug-likeness (QED) is 0.844. The van der Waals surface area contributed by atoms with Crippen molar-refractivity contribution in [2.75, 3.05) is 0 Å². The second-order valence-electron chi connectivity index (χ2n) is 5.20. The number of rotatable bonds is 6. The fourth-order valence-electron chi connectivity index (χ4n) is 2.06. The summed E-state index contributed by atoms with van der Waals surface area (Å²) in [6.45, 7) is 7.33. The largest absolute Gasteiger partial charge is 0.304 e. The van der Waals surface area contributed by atoms with Gasteiger partial charge in [0.1, 0.15) is 0 Å². The summed E-state index contributed by atoms with van der Waals surface area (Å²) >= 11 is 3.51. The molecule has 0 fully saturated rings. The van der Waals surface area contributed by atoms with E-state index in [2.05, 4.69) is 77.6 Å². The van der Waals surface area contributed by atoms with Crippen LogP contribution in [0.1, 0.15) is 50.5 Å². The molecular weight excluding hydrogens is 314 g/mol. The minimum Gasteiger partial charge on any atom is -0.304 e. The van der Waals surface area contributed by atoms with Gasteiger partial charge in [-0.2, -0.15) is 5.10 Å². The third-order valence-corrected chi connectivity index (χ3v) is 4.14. The molecule has 0 saturated heterocycles. The van der Waals surface area contributed by atoms with Crippen LogP contribution >= 0.6 is 15.9 Å². The van der Waals surface area contributed by atoms with Gasteiger partial charge in [-0.15, -0.1) is 0 Å². The molecule has 0 radical (unpaired) electrons. The molecule has 0 aliphatic rings. The maximum Gasteiger partial charge on any atom is 0.0762 e. The van der Waals surface area contributed by atoms with E-state index in [1.54, 1.807) is 0 Å². The molecule has 0 bridgehead atoms. The molecule has 2 aromatic rings. The lowest BCUT2D eigenvalue weighted by Gasteiger charge is -2.14. The Morgan fingerprint density at radius 3 is 2.80 bits per heavy atom. The van der Waals surface area contributed by atoms with E-state index in [1.165, 1.54) is 5.56 Å². The first-order valence-electron chi connectivity index (χ1n) is 7.13. The third-order valence-electron chi connectivity index (χ3n) is 3.64. The molecule has 3 nitrogen and oxygen atoms in total. The Kier molecular flexibility index (Phi) is 5.38. The highest BCUT2D eigenvalue weighted by Gasteiger charge is 2.08. The van der Waals surface area contributed by atoms with Crippen LogP contribution < -0.4 is 5.32 Å². The minimum absolute atomic E-state index is 0.307. The fourth-order valence-corrected chi connectivity index (χ4v) is 2.47. The Bertz CT molecular complexity index is 550. The van der Waals surface area contributed by atoms with Crippen LogP contribution in [0.2, 0.25) is 0 Å². The van der Waals surface area contributed by atoms with Crippen LogP contribution in [0.25, 0.3) is 0 Å². The number of aromatic nitrogens is 2. The molecule has 108 valence electrons. The molecule has 1 aromatic heterocycles. The van der Waals surface area contributed by atoms with Gasteiger partial charge in [-0.05, 0) is 44.0 Å². The van der Waals surface area contributed by atoms with Crippen LogP contribution in [0.15, 0.2) is 41.0 Å². The monoisotopic (exact) mass is 335 g/mol. The molecule has 0 amide bonds. The van der Waals surface area contributed by atoms with E-state index < -0.39 is 0 Å². The van der Waals surface area contributed by atoms with Gasteiger partial charge in [-0.1, -0.05) is 35.0 Å². The normalized spacial score (nSPS) is 14.2. The fraction of sp³-hybridized carbons (Fsp3) is 0.438. The van der Waals surface area contributed by atoms with E-state index >= 15 is 0 Å². The van der Waals surface area contributed by atoms with Gasteiger partial charge in [0.25, 0.3) is 0 Å². The summed E-state index contributed by atoms with van der Waals surface area (Å²) in [7, 11) is 0. The molecule has 2 rings (SSSR count). The zero-order valence-electron chi connectivity index (χ0n) is 12.3. The van der Waals surface area contributed by atoms with E-state index in [4.69, 9.17) is 0 Å². The lowest BCUT2D eigenvalue weighted by molar-refractivity contribution is 0.468. The van der Waals surface area contributed by atoms with Crippen LogP contribution in [0.4, 0.5) is 0 Å². The standard InChI is InChI=1S/C16H22BrN3/c1-4-12(2)20-9-8-16(19-20)11-18-13(3)14-6-5-7-15(17)10-14/h5-10,12-13,18H,4,11H2,1-3H3/t12?,13-/m0/s1. The van der Waals surface area contributed by atoms with Crippen molar-refractivity contribution in [3.8, 4) is 0 Å². The highest BCUT2D eigenvalue weighted by Crippen LogP contribution is 2.18. The van der Waals surface area contributed by atoms with Crippen LogP contribution in [0.5, 0.6) is 0 Å². The molecule has 2 atom stereocenters. The van der Waals surface area contributed by atoms with Crippen molar-refractivity contribution in [2.24, 2.45) is 0 Å². The summed E-state index contributed by atoms with van der Waals surface area (Å²) < 4.78 is 3.16. The molecule has 0 aliphatic carbocycles. The van der Waals surface area contributed by atoms with Crippen molar-refractivity contribution in [2.45, 2.75) is 45.8 Å². The maximum atomic E-state index is 4.61. The van der Waals surface area contributed by atoms with E-state index in [0.29, 0.717) is 12.1 Å². The van der Waals surface area contributed by atoms with Crippen molar-refractivity contribution in [3.63, 3.8) is 0 Å². The predicted molar refractivity (Wildman–Crippen MR) is 86.6 cm³/mol. The van der Waals surface area contributed by atoms with Gasteiger partial charge in [-0.3, -0.25) is 4.68 Å². The van der Waals surface area contributed by atoms with Gasteiger partial charge in [0, 0.05) is 29.3 Å². The van der Waals surface area contributed by atoms with Crippen LogP contribution in [0, 0.1) is 0 Å². The first kappa shape index (κ1) is 15.3. The molecule has 4 heteroatoms. The van der Waals surface area contributed by atoms with Gasteiger partial charge < -0.3 is 5.32 Å². The lowest BCUT2D eigenvalue weighted by Crippen LogP contribution is -2.18. The molecule has 1 aromatic carbocycles. The molecule has 20 heavy (non-hydrogen) atoms. The van der Waals surface area contributed by atoms with E-state index in [0.717, 1.165) is 23.1 Å². The van der Waals surface area contributed by atoms with Crippen molar-refractivity contribution >= 4 is 15.9 Å². The number of hydrogen-bond donors (Lipinski definition) is 1. The Morgan fingerprint density at radius 2 is 2.10 bits per heavy atom. The van der Waals surface area contributed by atoms with Crippen molar-refractivity contribution < 1.29 is 0 Å². The summed E-state index contributed by atoms with van der Waals surface area (Å²) in [5, 5.41) is 8.13. The lowest BCUT2D eigenvalue weighted by atomic mass is 10.1. The molecular formula is C16H22BrN3. The van der Waals surface area contributed by atoms with Gasteiger partial charge in [0.2, 0.25) is 0 Å². The highest BCUT2D eigenvalue weighted by molar-refractivity contribution is 9.10. The predicted octanol–water partition coefficient (Wildman–Crippen LogP) is 4.47. The van der Waals surface area contributed by atoms with Gasteiger partial charge in [0.15, 0.2) is 0 Å². The molecule has 0 spiro atoms. The number of halogens is 1. The molecule has 1 unspecified atom stereocenters. The minimum atomic E-state index is 0.307. The van der Waals surface area contributed by atoms with Crippen molar-refractivity contribution in [3.05, 3.63) is 52.3 Å². The Morgan fingerprint density at radius 1 is 1.30 bits per heavy atom. The summed E-state index contributed by atoms with van der Waals surface area (Å²) in [5.41, 5.74) is 2.37. The van der Waals surface area contributed by atoms with Gasteiger partial charge in [-0.25, -0.2) is 0 Å². The summed E-state index contributed by atoms with van der Waals surface area (Å²) in [5.74, 6) is 0. The summed E-state index contributed by atoms with van der Waals surface area (Å²) in [6, 6.07) is 11.3. The third kappa shape index (κ3) is 3.93. The van der Waals surface area contributed by atoms with Crippen LogP contribution in [-0.4, -0.2) is 9.78 Å². The maximum absolute atomic E-state index is 4.61. The zero-order chi connectivity index (χ0) is 14.5. The zero-order valence-corrected chi connectivity index (χ0v) is 13.9. The number of hydrogen-bond acceptors (Lipinski definition) is 2. The summed E-state index contributed by atoms with van der Waals surface area (Å²) in [6.07, 6.45) is 3.16. The smallest absolute Gasteiger partial charge is 0.0762 e. The van der Waals surface area contributed by atoms with E-state index in [9.17, 15) is 0 Å². The number of nitrogens with one attached hydrogen (secondary N) is 1. The van der Waals surface area contributed by atoms with Crippen molar-refractivity contribution in [1.82, 2.24) is 15.1 Å². The summed E-state index contributed by atoms with van der Waals surface area (Å²) in [4.78, 5) is 0. The van der Waals surface area contributed by atoms with E-state index in [-0.39, 0.29) is 0 Å². The van der Waals surface area contributed by atoms with Gasteiger partial charge >= 0.3 is 0 Å². The Balaban J connectivity index is 1.93. The number of nitrogens with zero attached hydrogens (tertiary/aromatic N) is 2. The average Bonchev–Trinajstić information content (AvgIpc) is 2.92. The van der Waals surface area contributed by atoms with E-state index in [1.807, 2.05) is 10.7 Å². The SMILES string of the molecule is CCC(C)n1ccc(CN[C@@H](C)c2cccc(Br)c2)n1. The first-order valence-corrected chi connectivity index (χ1v) is 7.92. The first-order chi connectivity index (χ1) is 9.60. The second kappa shape index (κ2) is 7.04.